The first-order valence-electron chi connectivity index (χ1n) is 6.92. The molecule has 0 radical (unpaired) electrons. The summed E-state index contributed by atoms with van der Waals surface area (Å²) in [6.45, 7) is 0. The fourth-order valence-electron chi connectivity index (χ4n) is 1.99. The van der Waals surface area contributed by atoms with Gasteiger partial charge in [0.1, 0.15) is 0 Å². The van der Waals surface area contributed by atoms with Crippen LogP contribution in [0.1, 0.15) is 15.9 Å². The SMILES string of the molecule is COC(=O)c1ccc(/C=C2\S/C(=N/c3nccs3)N(C)C2=O)cc1. The van der Waals surface area contributed by atoms with Gasteiger partial charge in [0.25, 0.3) is 5.91 Å². The molecule has 1 aliphatic heterocycles. The number of benzene rings is 1. The molecule has 0 unspecified atom stereocenters. The second-order valence-corrected chi connectivity index (χ2v) is 6.68. The summed E-state index contributed by atoms with van der Waals surface area (Å²) in [7, 11) is 3.02. The summed E-state index contributed by atoms with van der Waals surface area (Å²) in [5.41, 5.74) is 1.29. The zero-order valence-electron chi connectivity index (χ0n) is 12.9. The number of aliphatic imine (C=N–C) groups is 1. The van der Waals surface area contributed by atoms with E-state index in [1.165, 1.54) is 35.1 Å². The van der Waals surface area contributed by atoms with Crippen LogP contribution in [0, 0.1) is 0 Å². The molecule has 0 saturated carbocycles. The van der Waals surface area contributed by atoms with Crippen molar-refractivity contribution in [3.05, 3.63) is 51.9 Å². The lowest BCUT2D eigenvalue weighted by Gasteiger charge is -2.05. The van der Waals surface area contributed by atoms with Crippen LogP contribution in [-0.2, 0) is 9.53 Å². The molecule has 24 heavy (non-hydrogen) atoms. The third kappa shape index (κ3) is 3.39. The number of esters is 1. The van der Waals surface area contributed by atoms with E-state index < -0.39 is 5.97 Å². The van der Waals surface area contributed by atoms with Crippen LogP contribution in [0.4, 0.5) is 5.13 Å². The Bertz CT molecular complexity index is 827. The molecule has 122 valence electrons. The fourth-order valence-corrected chi connectivity index (χ4v) is 3.52. The summed E-state index contributed by atoms with van der Waals surface area (Å²) in [6.07, 6.45) is 3.44. The topological polar surface area (TPSA) is 71.9 Å². The highest BCUT2D eigenvalue weighted by molar-refractivity contribution is 8.18. The van der Waals surface area contributed by atoms with Gasteiger partial charge in [0.15, 0.2) is 5.17 Å². The van der Waals surface area contributed by atoms with Crippen LogP contribution in [0.2, 0.25) is 0 Å². The van der Waals surface area contributed by atoms with Crippen LogP contribution in [0.25, 0.3) is 6.08 Å². The zero-order valence-corrected chi connectivity index (χ0v) is 14.6. The highest BCUT2D eigenvalue weighted by Gasteiger charge is 2.30. The number of thiazole rings is 1. The monoisotopic (exact) mass is 359 g/mol. The van der Waals surface area contributed by atoms with Crippen molar-refractivity contribution in [2.75, 3.05) is 14.2 Å². The van der Waals surface area contributed by atoms with Crippen molar-refractivity contribution >= 4 is 51.4 Å². The Morgan fingerprint density at radius 1 is 1.33 bits per heavy atom. The van der Waals surface area contributed by atoms with Crippen molar-refractivity contribution in [2.45, 2.75) is 0 Å². The van der Waals surface area contributed by atoms with E-state index in [0.717, 1.165) is 5.56 Å². The van der Waals surface area contributed by atoms with Crippen molar-refractivity contribution in [2.24, 2.45) is 4.99 Å². The first-order valence-corrected chi connectivity index (χ1v) is 8.62. The number of likely N-dealkylation sites (N-methyl/N-ethyl adjacent to an activating group) is 1. The lowest BCUT2D eigenvalue weighted by Crippen LogP contribution is -2.23. The number of carbonyl (C=O) groups excluding carboxylic acids is 2. The van der Waals surface area contributed by atoms with Crippen LogP contribution in [-0.4, -0.2) is 41.1 Å². The Hall–Kier alpha value is -2.45. The van der Waals surface area contributed by atoms with Gasteiger partial charge in [-0.1, -0.05) is 12.1 Å². The molecule has 0 aliphatic carbocycles. The number of carbonyl (C=O) groups is 2. The number of nitrogens with zero attached hydrogens (tertiary/aromatic N) is 3. The third-order valence-electron chi connectivity index (χ3n) is 3.24. The zero-order chi connectivity index (χ0) is 17.1. The summed E-state index contributed by atoms with van der Waals surface area (Å²) >= 11 is 2.71. The molecule has 1 amide bonds. The van der Waals surface area contributed by atoms with Crippen molar-refractivity contribution < 1.29 is 14.3 Å². The summed E-state index contributed by atoms with van der Waals surface area (Å²) < 4.78 is 4.66. The predicted molar refractivity (Wildman–Crippen MR) is 95.3 cm³/mol. The van der Waals surface area contributed by atoms with Crippen LogP contribution >= 0.6 is 23.1 Å². The van der Waals surface area contributed by atoms with Gasteiger partial charge >= 0.3 is 5.97 Å². The van der Waals surface area contributed by atoms with E-state index in [0.29, 0.717) is 20.8 Å². The molecule has 1 fully saturated rings. The maximum Gasteiger partial charge on any atom is 0.337 e. The molecule has 0 spiro atoms. The summed E-state index contributed by atoms with van der Waals surface area (Å²) in [6, 6.07) is 6.86. The molecule has 0 bridgehead atoms. The van der Waals surface area contributed by atoms with E-state index in [2.05, 4.69) is 14.7 Å². The van der Waals surface area contributed by atoms with Gasteiger partial charge in [0.05, 0.1) is 17.6 Å². The maximum atomic E-state index is 12.3. The largest absolute Gasteiger partial charge is 0.465 e. The average Bonchev–Trinajstić information content (AvgIpc) is 3.20. The lowest BCUT2D eigenvalue weighted by molar-refractivity contribution is -0.121. The van der Waals surface area contributed by atoms with Gasteiger partial charge in [-0.3, -0.25) is 9.69 Å². The number of ether oxygens (including phenoxy) is 1. The average molecular weight is 359 g/mol. The molecule has 6 nitrogen and oxygen atoms in total. The van der Waals surface area contributed by atoms with Crippen LogP contribution in [0.5, 0.6) is 0 Å². The molecular formula is C16H13N3O3S2. The molecule has 2 aromatic rings. The van der Waals surface area contributed by atoms with Crippen molar-refractivity contribution in [3.8, 4) is 0 Å². The summed E-state index contributed by atoms with van der Waals surface area (Å²) in [4.78, 5) is 34.3. The molecule has 1 aromatic carbocycles. The van der Waals surface area contributed by atoms with E-state index in [-0.39, 0.29) is 5.91 Å². The molecule has 0 atom stereocenters. The number of hydrogen-bond donors (Lipinski definition) is 0. The van der Waals surface area contributed by atoms with Gasteiger partial charge < -0.3 is 4.74 Å². The maximum absolute atomic E-state index is 12.3. The number of methoxy groups -OCH3 is 1. The number of aromatic nitrogens is 1. The minimum Gasteiger partial charge on any atom is -0.465 e. The second-order valence-electron chi connectivity index (χ2n) is 4.80. The molecule has 2 heterocycles. The predicted octanol–water partition coefficient (Wildman–Crippen LogP) is 3.16. The Kier molecular flexibility index (Phi) is 4.77. The van der Waals surface area contributed by atoms with Crippen LogP contribution < -0.4 is 0 Å². The Labute approximate surface area is 146 Å². The Morgan fingerprint density at radius 3 is 2.71 bits per heavy atom. The molecule has 0 N–H and O–H groups in total. The number of hydrogen-bond acceptors (Lipinski definition) is 7. The minimum atomic E-state index is -0.391. The minimum absolute atomic E-state index is 0.118. The lowest BCUT2D eigenvalue weighted by atomic mass is 10.1. The van der Waals surface area contributed by atoms with Gasteiger partial charge in [-0.15, -0.1) is 11.3 Å². The van der Waals surface area contributed by atoms with Gasteiger partial charge in [-0.2, -0.15) is 4.99 Å². The fraction of sp³-hybridized carbons (Fsp3) is 0.125. The Morgan fingerprint density at radius 2 is 2.08 bits per heavy atom. The standard InChI is InChI=1S/C16H13N3O3S2/c1-19-13(20)12(24-16(19)18-15-17-7-8-23-15)9-10-3-5-11(6-4-10)14(21)22-2/h3-9H,1-2H3/b12-9-,18-16+. The number of amides is 1. The number of amidine groups is 1. The van der Waals surface area contributed by atoms with E-state index in [4.69, 9.17) is 0 Å². The van der Waals surface area contributed by atoms with E-state index in [9.17, 15) is 9.59 Å². The molecular weight excluding hydrogens is 346 g/mol. The van der Waals surface area contributed by atoms with E-state index in [1.807, 2.05) is 5.38 Å². The van der Waals surface area contributed by atoms with Crippen LogP contribution in [0.3, 0.4) is 0 Å². The molecule has 1 aliphatic rings. The smallest absolute Gasteiger partial charge is 0.337 e. The highest BCUT2D eigenvalue weighted by Crippen LogP contribution is 2.33. The van der Waals surface area contributed by atoms with Crippen molar-refractivity contribution in [1.82, 2.24) is 9.88 Å². The van der Waals surface area contributed by atoms with E-state index >= 15 is 0 Å². The Balaban J connectivity index is 1.83. The molecule has 1 saturated heterocycles. The molecule has 1 aromatic heterocycles. The molecule has 3 rings (SSSR count). The summed E-state index contributed by atoms with van der Waals surface area (Å²) in [5, 5.41) is 3.04. The summed E-state index contributed by atoms with van der Waals surface area (Å²) in [5.74, 6) is -0.509. The third-order valence-corrected chi connectivity index (χ3v) is 4.97. The first-order chi connectivity index (χ1) is 11.6. The molecule has 8 heteroatoms. The normalized spacial score (nSPS) is 17.8. The van der Waals surface area contributed by atoms with Gasteiger partial charge in [-0.05, 0) is 35.5 Å². The second kappa shape index (κ2) is 6.98. The van der Waals surface area contributed by atoms with Crippen molar-refractivity contribution in [3.63, 3.8) is 0 Å². The van der Waals surface area contributed by atoms with Gasteiger partial charge in [-0.25, -0.2) is 9.78 Å². The van der Waals surface area contributed by atoms with Crippen molar-refractivity contribution in [1.29, 1.82) is 0 Å². The quantitative estimate of drug-likeness (QED) is 0.622. The number of rotatable bonds is 3. The first kappa shape index (κ1) is 16.4. The highest BCUT2D eigenvalue weighted by atomic mass is 32.2. The van der Waals surface area contributed by atoms with Gasteiger partial charge in [0, 0.05) is 18.6 Å². The van der Waals surface area contributed by atoms with Crippen LogP contribution in [0.15, 0.2) is 45.7 Å². The number of thioether (sulfide) groups is 1. The van der Waals surface area contributed by atoms with Gasteiger partial charge in [0.2, 0.25) is 5.13 Å². The van der Waals surface area contributed by atoms with E-state index in [1.54, 1.807) is 43.6 Å².